The molecule has 1 fully saturated rings. The average molecular weight is 423 g/mol. The van der Waals surface area contributed by atoms with Gasteiger partial charge in [-0.25, -0.2) is 0 Å². The number of nitrogens with zero attached hydrogens (tertiary/aromatic N) is 2. The molecule has 4 rings (SSSR count). The lowest BCUT2D eigenvalue weighted by molar-refractivity contribution is -0.0000846. The number of hydrogen-bond acceptors (Lipinski definition) is 5. The van der Waals surface area contributed by atoms with Gasteiger partial charge >= 0.3 is 0 Å². The Morgan fingerprint density at radius 3 is 2.03 bits per heavy atom. The van der Waals surface area contributed by atoms with Crippen LogP contribution in [0.4, 0.5) is 0 Å². The number of rotatable bonds is 9. The van der Waals surface area contributed by atoms with Crippen LogP contribution in [0.25, 0.3) is 0 Å². The maximum absolute atomic E-state index is 10.4. The number of piperazine rings is 1. The Balaban J connectivity index is 1.30. The van der Waals surface area contributed by atoms with Crippen LogP contribution in [0.1, 0.15) is 22.0 Å². The van der Waals surface area contributed by atoms with Crippen LogP contribution in [0.3, 0.4) is 0 Å². The number of aliphatic hydroxyl groups excluding tert-OH is 1. The second-order valence-electron chi connectivity index (χ2n) is 7.81. The van der Waals surface area contributed by atoms with Gasteiger partial charge in [-0.15, -0.1) is 11.3 Å². The van der Waals surface area contributed by atoms with Gasteiger partial charge in [0.1, 0.15) is 0 Å². The van der Waals surface area contributed by atoms with Gasteiger partial charge in [0, 0.05) is 37.6 Å². The first-order valence-electron chi connectivity index (χ1n) is 10.6. The molecule has 0 spiro atoms. The first kappa shape index (κ1) is 21.2. The maximum atomic E-state index is 10.4. The Morgan fingerprint density at radius 1 is 0.833 bits per heavy atom. The van der Waals surface area contributed by atoms with Crippen LogP contribution in [-0.4, -0.2) is 60.3 Å². The molecular weight excluding hydrogens is 392 g/mol. The van der Waals surface area contributed by atoms with Crippen molar-refractivity contribution in [3.63, 3.8) is 0 Å². The Morgan fingerprint density at radius 2 is 1.47 bits per heavy atom. The van der Waals surface area contributed by atoms with Crippen LogP contribution in [0.5, 0.6) is 0 Å². The Hall–Kier alpha value is -2.02. The van der Waals surface area contributed by atoms with E-state index in [0.29, 0.717) is 19.8 Å². The van der Waals surface area contributed by atoms with Crippen LogP contribution in [0, 0.1) is 0 Å². The van der Waals surface area contributed by atoms with E-state index in [1.807, 2.05) is 11.4 Å². The number of aliphatic hydroxyl groups is 1. The minimum Gasteiger partial charge on any atom is -0.389 e. The fraction of sp³-hybridized carbons (Fsp3) is 0.360. The van der Waals surface area contributed by atoms with Crippen molar-refractivity contribution in [3.8, 4) is 0 Å². The van der Waals surface area contributed by atoms with E-state index in [0.717, 1.165) is 26.2 Å². The third kappa shape index (κ3) is 5.78. The molecule has 158 valence electrons. The van der Waals surface area contributed by atoms with Crippen molar-refractivity contribution >= 4 is 11.3 Å². The van der Waals surface area contributed by atoms with Gasteiger partial charge < -0.3 is 9.84 Å². The van der Waals surface area contributed by atoms with E-state index in [1.165, 1.54) is 16.0 Å². The Labute approximate surface area is 183 Å². The normalized spacial score (nSPS) is 16.7. The predicted octanol–water partition coefficient (Wildman–Crippen LogP) is 4.03. The van der Waals surface area contributed by atoms with Gasteiger partial charge in [0.25, 0.3) is 0 Å². The summed E-state index contributed by atoms with van der Waals surface area (Å²) < 4.78 is 5.68. The van der Waals surface area contributed by atoms with Gasteiger partial charge in [-0.3, -0.25) is 9.80 Å². The molecule has 1 aromatic heterocycles. The average Bonchev–Trinajstić information content (AvgIpc) is 3.30. The molecule has 0 unspecified atom stereocenters. The molecule has 5 heteroatoms. The zero-order valence-corrected chi connectivity index (χ0v) is 18.1. The van der Waals surface area contributed by atoms with E-state index in [9.17, 15) is 5.11 Å². The summed E-state index contributed by atoms with van der Waals surface area (Å²) in [5.41, 5.74) is 2.67. The van der Waals surface area contributed by atoms with Crippen LogP contribution >= 0.6 is 11.3 Å². The molecule has 2 heterocycles. The van der Waals surface area contributed by atoms with E-state index < -0.39 is 6.10 Å². The van der Waals surface area contributed by atoms with Crippen LogP contribution < -0.4 is 0 Å². The van der Waals surface area contributed by atoms with Crippen LogP contribution in [-0.2, 0) is 11.3 Å². The van der Waals surface area contributed by atoms with Crippen molar-refractivity contribution < 1.29 is 9.84 Å². The molecule has 1 atom stereocenters. The number of hydrogen-bond donors (Lipinski definition) is 1. The topological polar surface area (TPSA) is 35.9 Å². The zero-order chi connectivity index (χ0) is 20.6. The maximum Gasteiger partial charge on any atom is 0.0900 e. The summed E-state index contributed by atoms with van der Waals surface area (Å²) in [6.45, 7) is 5.51. The Bertz CT molecular complexity index is 810. The van der Waals surface area contributed by atoms with Crippen LogP contribution in [0.15, 0.2) is 78.2 Å². The number of benzene rings is 2. The first-order chi connectivity index (χ1) is 14.8. The van der Waals surface area contributed by atoms with Crippen LogP contribution in [0.2, 0.25) is 0 Å². The molecule has 0 saturated carbocycles. The summed E-state index contributed by atoms with van der Waals surface area (Å²) in [7, 11) is 0. The highest BCUT2D eigenvalue weighted by molar-refractivity contribution is 7.09. The van der Waals surface area contributed by atoms with E-state index in [-0.39, 0.29) is 6.04 Å². The highest BCUT2D eigenvalue weighted by atomic mass is 32.1. The molecule has 0 aliphatic carbocycles. The summed E-state index contributed by atoms with van der Waals surface area (Å²) in [5.74, 6) is 0. The molecule has 1 aliphatic heterocycles. The molecule has 1 aliphatic rings. The molecule has 3 aromatic rings. The molecule has 0 amide bonds. The first-order valence-corrected chi connectivity index (χ1v) is 11.5. The van der Waals surface area contributed by atoms with E-state index in [4.69, 9.17) is 4.74 Å². The number of ether oxygens (including phenoxy) is 1. The van der Waals surface area contributed by atoms with Crippen molar-refractivity contribution in [2.75, 3.05) is 39.3 Å². The molecular formula is C25H30N2O2S. The fourth-order valence-corrected chi connectivity index (χ4v) is 4.77. The third-order valence-electron chi connectivity index (χ3n) is 5.61. The second-order valence-corrected chi connectivity index (χ2v) is 8.84. The minimum absolute atomic E-state index is 0.272. The predicted molar refractivity (Wildman–Crippen MR) is 123 cm³/mol. The molecule has 1 N–H and O–H groups in total. The molecule has 4 nitrogen and oxygen atoms in total. The highest BCUT2D eigenvalue weighted by Crippen LogP contribution is 2.29. The van der Waals surface area contributed by atoms with Gasteiger partial charge in [-0.2, -0.15) is 0 Å². The number of thiophene rings is 1. The Kier molecular flexibility index (Phi) is 7.67. The van der Waals surface area contributed by atoms with Gasteiger partial charge in [-0.05, 0) is 22.6 Å². The zero-order valence-electron chi connectivity index (χ0n) is 17.3. The van der Waals surface area contributed by atoms with E-state index in [1.54, 1.807) is 11.3 Å². The molecule has 2 aromatic carbocycles. The summed E-state index contributed by atoms with van der Waals surface area (Å²) >= 11 is 1.69. The largest absolute Gasteiger partial charge is 0.389 e. The van der Waals surface area contributed by atoms with Gasteiger partial charge in [0.05, 0.1) is 25.4 Å². The lowest BCUT2D eigenvalue weighted by Gasteiger charge is -2.40. The fourth-order valence-electron chi connectivity index (χ4n) is 4.13. The summed E-state index contributed by atoms with van der Waals surface area (Å²) in [6.07, 6.45) is -0.449. The van der Waals surface area contributed by atoms with Gasteiger partial charge in [-0.1, -0.05) is 66.7 Å². The smallest absolute Gasteiger partial charge is 0.0900 e. The second kappa shape index (κ2) is 10.8. The molecule has 30 heavy (non-hydrogen) atoms. The lowest BCUT2D eigenvalue weighted by atomic mass is 9.96. The van der Waals surface area contributed by atoms with Crippen molar-refractivity contribution in [2.45, 2.75) is 18.8 Å². The molecule has 0 radical (unpaired) electrons. The highest BCUT2D eigenvalue weighted by Gasteiger charge is 2.27. The summed E-state index contributed by atoms with van der Waals surface area (Å²) in [5, 5.41) is 12.4. The summed E-state index contributed by atoms with van der Waals surface area (Å²) in [4.78, 5) is 6.10. The number of β-amino-alcohol motifs (C(OH)–C–C–N with tert-alkyl or cyclic N) is 1. The molecule has 1 saturated heterocycles. The van der Waals surface area contributed by atoms with Crippen molar-refractivity contribution in [1.82, 2.24) is 9.80 Å². The van der Waals surface area contributed by atoms with E-state index in [2.05, 4.69) is 76.5 Å². The molecule has 0 bridgehead atoms. The summed E-state index contributed by atoms with van der Waals surface area (Å²) in [6, 6.07) is 25.9. The lowest BCUT2D eigenvalue weighted by Crippen LogP contribution is -2.50. The van der Waals surface area contributed by atoms with Gasteiger partial charge in [0.15, 0.2) is 0 Å². The van der Waals surface area contributed by atoms with Crippen molar-refractivity contribution in [2.24, 2.45) is 0 Å². The quantitative estimate of drug-likeness (QED) is 0.565. The SMILES string of the molecule is O[C@@H](COCc1cccs1)CN1CCN(C(c2ccccc2)c2ccccc2)CC1. The van der Waals surface area contributed by atoms with Crippen molar-refractivity contribution in [1.29, 1.82) is 0 Å². The van der Waals surface area contributed by atoms with E-state index >= 15 is 0 Å². The monoisotopic (exact) mass is 422 g/mol. The van der Waals surface area contributed by atoms with Gasteiger partial charge in [0.2, 0.25) is 0 Å². The standard InChI is InChI=1S/C25H30N2O2S/c28-23(19-29-20-24-12-7-17-30-24)18-26-13-15-27(16-14-26)25(21-8-3-1-4-9-21)22-10-5-2-6-11-22/h1-12,17,23,25,28H,13-16,18-20H2/t23-/m1/s1. The van der Waals surface area contributed by atoms with Crippen molar-refractivity contribution in [3.05, 3.63) is 94.2 Å². The third-order valence-corrected chi connectivity index (χ3v) is 6.46. The minimum atomic E-state index is -0.449.